The Labute approximate surface area is 158 Å². The molecule has 0 aliphatic rings. The maximum absolute atomic E-state index is 11.4. The molecule has 0 N–H and O–H groups in total. The number of esters is 1. The molecular formula is C19H15N3O4S. The van der Waals surface area contributed by atoms with Gasteiger partial charge in [0.05, 0.1) is 27.9 Å². The molecule has 4 rings (SSSR count). The monoisotopic (exact) mass is 381 g/mol. The number of benzene rings is 2. The first-order chi connectivity index (χ1) is 13.0. The van der Waals surface area contributed by atoms with Gasteiger partial charge in [-0.3, -0.25) is 19.3 Å². The van der Waals surface area contributed by atoms with Crippen LogP contribution in [0, 0.1) is 10.1 Å². The van der Waals surface area contributed by atoms with Gasteiger partial charge in [0, 0.05) is 30.3 Å². The summed E-state index contributed by atoms with van der Waals surface area (Å²) in [7, 11) is 1.39. The van der Waals surface area contributed by atoms with Gasteiger partial charge in [0.25, 0.3) is 5.69 Å². The topological polar surface area (TPSA) is 86.7 Å². The summed E-state index contributed by atoms with van der Waals surface area (Å²) in [6.45, 7) is 0. The third-order valence-electron chi connectivity index (χ3n) is 4.38. The number of aryl methyl sites for hydroxylation is 1. The van der Waals surface area contributed by atoms with Crippen LogP contribution in [0.25, 0.3) is 26.4 Å². The van der Waals surface area contributed by atoms with Gasteiger partial charge in [-0.05, 0) is 36.2 Å². The fourth-order valence-corrected chi connectivity index (χ4v) is 3.93. The van der Waals surface area contributed by atoms with Crippen molar-refractivity contribution in [2.45, 2.75) is 12.8 Å². The van der Waals surface area contributed by atoms with E-state index in [1.54, 1.807) is 23.5 Å². The smallest absolute Gasteiger partial charge is 0.305 e. The number of carbonyl (C=O) groups excluding carboxylic acids is 1. The Balaban J connectivity index is 1.69. The van der Waals surface area contributed by atoms with Crippen molar-refractivity contribution < 1.29 is 14.5 Å². The zero-order valence-corrected chi connectivity index (χ0v) is 15.2. The van der Waals surface area contributed by atoms with Gasteiger partial charge in [0.2, 0.25) is 0 Å². The summed E-state index contributed by atoms with van der Waals surface area (Å²) in [6.07, 6.45) is 2.89. The Bertz CT molecular complexity index is 1160. The van der Waals surface area contributed by atoms with Crippen LogP contribution in [0.1, 0.15) is 12.0 Å². The van der Waals surface area contributed by atoms with Crippen LogP contribution in [0.3, 0.4) is 0 Å². The second kappa shape index (κ2) is 6.81. The number of fused-ring (bicyclic) bond motifs is 3. The SMILES string of the molecule is COC(=O)CCc1ccc2sc3nc(-c4ccc([N+](=O)[O-])cc4)cn3c2c1. The zero-order chi connectivity index (χ0) is 19.0. The average Bonchev–Trinajstić information content (AvgIpc) is 3.24. The highest BCUT2D eigenvalue weighted by molar-refractivity contribution is 7.23. The molecule has 0 aliphatic heterocycles. The number of nitro groups is 1. The van der Waals surface area contributed by atoms with Crippen molar-refractivity contribution in [2.24, 2.45) is 0 Å². The Morgan fingerprint density at radius 1 is 1.26 bits per heavy atom. The van der Waals surface area contributed by atoms with Crippen LogP contribution >= 0.6 is 11.3 Å². The number of hydrogen-bond acceptors (Lipinski definition) is 6. The van der Waals surface area contributed by atoms with Crippen molar-refractivity contribution in [3.63, 3.8) is 0 Å². The third kappa shape index (κ3) is 3.26. The number of imidazole rings is 1. The summed E-state index contributed by atoms with van der Waals surface area (Å²) in [4.78, 5) is 27.2. The van der Waals surface area contributed by atoms with Crippen LogP contribution in [0.5, 0.6) is 0 Å². The van der Waals surface area contributed by atoms with Crippen molar-refractivity contribution in [1.82, 2.24) is 9.38 Å². The third-order valence-corrected chi connectivity index (χ3v) is 5.41. The van der Waals surface area contributed by atoms with Gasteiger partial charge < -0.3 is 4.74 Å². The molecule has 0 bridgehead atoms. The lowest BCUT2D eigenvalue weighted by molar-refractivity contribution is -0.384. The molecule has 2 aromatic carbocycles. The minimum absolute atomic E-state index is 0.0560. The minimum Gasteiger partial charge on any atom is -0.469 e. The van der Waals surface area contributed by atoms with Crippen molar-refractivity contribution in [2.75, 3.05) is 7.11 Å². The van der Waals surface area contributed by atoms with Crippen molar-refractivity contribution in [3.05, 3.63) is 64.3 Å². The first kappa shape index (κ1) is 17.2. The quantitative estimate of drug-likeness (QED) is 0.293. The van der Waals surface area contributed by atoms with E-state index >= 15 is 0 Å². The van der Waals surface area contributed by atoms with Gasteiger partial charge >= 0.3 is 5.97 Å². The first-order valence-corrected chi connectivity index (χ1v) is 9.09. The van der Waals surface area contributed by atoms with E-state index in [9.17, 15) is 14.9 Å². The molecule has 0 saturated carbocycles. The van der Waals surface area contributed by atoms with E-state index in [1.807, 2.05) is 22.7 Å². The van der Waals surface area contributed by atoms with Gasteiger partial charge in [-0.15, -0.1) is 0 Å². The number of hydrogen-bond donors (Lipinski definition) is 0. The van der Waals surface area contributed by atoms with Gasteiger partial charge in [-0.1, -0.05) is 17.4 Å². The minimum atomic E-state index is -0.418. The van der Waals surface area contributed by atoms with E-state index < -0.39 is 4.92 Å². The second-order valence-corrected chi connectivity index (χ2v) is 7.07. The number of ether oxygens (including phenoxy) is 1. The lowest BCUT2D eigenvalue weighted by Crippen LogP contribution is -2.01. The van der Waals surface area contributed by atoms with E-state index in [-0.39, 0.29) is 11.7 Å². The van der Waals surface area contributed by atoms with Crippen molar-refractivity contribution >= 4 is 38.2 Å². The summed E-state index contributed by atoms with van der Waals surface area (Å²) < 4.78 is 7.81. The number of carbonyl (C=O) groups is 1. The largest absolute Gasteiger partial charge is 0.469 e. The van der Waals surface area contributed by atoms with E-state index in [0.29, 0.717) is 12.8 Å². The van der Waals surface area contributed by atoms with Crippen LogP contribution in [0.2, 0.25) is 0 Å². The molecule has 0 saturated heterocycles. The number of nitro benzene ring substituents is 1. The molecule has 0 aliphatic carbocycles. The average molecular weight is 381 g/mol. The number of aromatic nitrogens is 2. The molecular weight excluding hydrogens is 366 g/mol. The van der Waals surface area contributed by atoms with Crippen LogP contribution in [0.15, 0.2) is 48.7 Å². The fourth-order valence-electron chi connectivity index (χ4n) is 2.94. The zero-order valence-electron chi connectivity index (χ0n) is 14.4. The molecule has 0 fully saturated rings. The Morgan fingerprint density at radius 3 is 2.74 bits per heavy atom. The Kier molecular flexibility index (Phi) is 4.33. The van der Waals surface area contributed by atoms with E-state index in [1.165, 1.54) is 19.2 Å². The second-order valence-electron chi connectivity index (χ2n) is 6.06. The molecule has 0 spiro atoms. The molecule has 136 valence electrons. The molecule has 4 aromatic rings. The van der Waals surface area contributed by atoms with Gasteiger partial charge in [-0.2, -0.15) is 0 Å². The van der Waals surface area contributed by atoms with E-state index in [0.717, 1.165) is 32.0 Å². The van der Waals surface area contributed by atoms with Crippen LogP contribution in [-0.4, -0.2) is 27.4 Å². The summed E-state index contributed by atoms with van der Waals surface area (Å²) in [6, 6.07) is 12.5. The predicted octanol–water partition coefficient (Wildman–Crippen LogP) is 4.23. The predicted molar refractivity (Wildman–Crippen MR) is 103 cm³/mol. The number of rotatable bonds is 5. The molecule has 2 heterocycles. The van der Waals surface area contributed by atoms with Crippen LogP contribution < -0.4 is 0 Å². The van der Waals surface area contributed by atoms with Gasteiger partial charge in [0.1, 0.15) is 0 Å². The standard InChI is InChI=1S/C19H15N3O4S/c1-26-18(23)9-3-12-2-8-17-16(10-12)21-11-15(20-19(21)27-17)13-4-6-14(7-5-13)22(24)25/h2,4-8,10-11H,3,9H2,1H3. The van der Waals surface area contributed by atoms with E-state index in [4.69, 9.17) is 4.74 Å². The highest BCUT2D eigenvalue weighted by Gasteiger charge is 2.12. The molecule has 27 heavy (non-hydrogen) atoms. The summed E-state index contributed by atoms with van der Waals surface area (Å²) in [5, 5.41) is 10.8. The maximum atomic E-state index is 11.4. The molecule has 8 heteroatoms. The molecule has 0 radical (unpaired) electrons. The Morgan fingerprint density at radius 2 is 2.04 bits per heavy atom. The van der Waals surface area contributed by atoms with Crippen LogP contribution in [-0.2, 0) is 16.0 Å². The van der Waals surface area contributed by atoms with Crippen molar-refractivity contribution in [3.8, 4) is 11.3 Å². The molecule has 0 atom stereocenters. The maximum Gasteiger partial charge on any atom is 0.305 e. The molecule has 0 unspecified atom stereocenters. The first-order valence-electron chi connectivity index (χ1n) is 8.27. The van der Waals surface area contributed by atoms with Gasteiger partial charge in [0.15, 0.2) is 4.96 Å². The summed E-state index contributed by atoms with van der Waals surface area (Å²) in [5.74, 6) is -0.228. The van der Waals surface area contributed by atoms with Crippen molar-refractivity contribution in [1.29, 1.82) is 0 Å². The normalized spacial score (nSPS) is 11.1. The number of nitrogens with zero attached hydrogens (tertiary/aromatic N) is 3. The fraction of sp³-hybridized carbons (Fsp3) is 0.158. The summed E-state index contributed by atoms with van der Waals surface area (Å²) >= 11 is 1.57. The lowest BCUT2D eigenvalue weighted by atomic mass is 10.1. The number of thiazole rings is 1. The molecule has 7 nitrogen and oxygen atoms in total. The van der Waals surface area contributed by atoms with Gasteiger partial charge in [-0.25, -0.2) is 4.98 Å². The summed E-state index contributed by atoms with van der Waals surface area (Å²) in [5.41, 5.74) is 3.72. The van der Waals surface area contributed by atoms with E-state index in [2.05, 4.69) is 11.1 Å². The lowest BCUT2D eigenvalue weighted by Gasteiger charge is -2.01. The van der Waals surface area contributed by atoms with Crippen LogP contribution in [0.4, 0.5) is 5.69 Å². The Hall–Kier alpha value is -3.26. The number of methoxy groups -OCH3 is 1. The molecule has 2 aromatic heterocycles. The highest BCUT2D eigenvalue weighted by Crippen LogP contribution is 2.30. The highest BCUT2D eigenvalue weighted by atomic mass is 32.1. The molecule has 0 amide bonds. The number of non-ortho nitro benzene ring substituents is 1.